The molecule has 1 unspecified atom stereocenters. The summed E-state index contributed by atoms with van der Waals surface area (Å²) in [6.45, 7) is 6.93. The number of carbonyl (C=O) groups excluding carboxylic acids is 1. The van der Waals surface area contributed by atoms with Crippen LogP contribution in [0.1, 0.15) is 20.3 Å². The summed E-state index contributed by atoms with van der Waals surface area (Å²) in [7, 11) is 0. The molecule has 0 bridgehead atoms. The van der Waals surface area contributed by atoms with Gasteiger partial charge < -0.3 is 20.4 Å². The van der Waals surface area contributed by atoms with E-state index in [-0.39, 0.29) is 12.6 Å². The molecule has 110 valence electrons. The number of piperazine rings is 1. The highest BCUT2D eigenvalue weighted by molar-refractivity contribution is 5.79. The lowest BCUT2D eigenvalue weighted by atomic mass is 10.1. The second-order valence-electron chi connectivity index (χ2n) is 5.07. The van der Waals surface area contributed by atoms with Gasteiger partial charge in [0.25, 0.3) is 0 Å². The topological polar surface area (TPSA) is 93.1 Å². The molecule has 0 saturated carbocycles. The summed E-state index contributed by atoms with van der Waals surface area (Å²) >= 11 is 0. The molecule has 0 spiro atoms. The number of aliphatic hydroxyl groups is 1. The van der Waals surface area contributed by atoms with E-state index in [1.54, 1.807) is 4.90 Å². The molecule has 1 atom stereocenters. The molecule has 1 aliphatic rings. The predicted octanol–water partition coefficient (Wildman–Crippen LogP) is -0.441. The minimum atomic E-state index is -1.93. The second-order valence-corrected chi connectivity index (χ2v) is 5.07. The summed E-state index contributed by atoms with van der Waals surface area (Å²) in [5.41, 5.74) is -1.93. The Hall–Kier alpha value is -1.34. The van der Waals surface area contributed by atoms with Gasteiger partial charge in [0, 0.05) is 26.2 Å². The standard InChI is InChI=1S/C12H23N3O4/c1-3-4-14-5-7-15(8-6-14)11(18)13-9-12(2,19)10(16)17/h19H,3-9H2,1-2H3,(H,13,18)(H,16,17). The Bertz CT molecular complexity index is 325. The number of nitrogens with one attached hydrogen (secondary N) is 1. The molecule has 0 radical (unpaired) electrons. The molecule has 1 saturated heterocycles. The Kier molecular flexibility index (Phi) is 5.56. The maximum absolute atomic E-state index is 11.8. The zero-order valence-electron chi connectivity index (χ0n) is 11.6. The van der Waals surface area contributed by atoms with Crippen molar-refractivity contribution in [3.63, 3.8) is 0 Å². The van der Waals surface area contributed by atoms with Crippen molar-refractivity contribution < 1.29 is 19.8 Å². The lowest BCUT2D eigenvalue weighted by Gasteiger charge is -2.34. The third-order valence-electron chi connectivity index (χ3n) is 3.24. The molecule has 19 heavy (non-hydrogen) atoms. The van der Waals surface area contributed by atoms with E-state index >= 15 is 0 Å². The van der Waals surface area contributed by atoms with Crippen LogP contribution in [0.25, 0.3) is 0 Å². The predicted molar refractivity (Wildman–Crippen MR) is 70.0 cm³/mol. The molecular formula is C12H23N3O4. The van der Waals surface area contributed by atoms with Gasteiger partial charge in [0.05, 0.1) is 6.54 Å². The first-order chi connectivity index (χ1) is 8.86. The average molecular weight is 273 g/mol. The summed E-state index contributed by atoms with van der Waals surface area (Å²) in [5, 5.41) is 20.7. The number of hydrogen-bond donors (Lipinski definition) is 3. The number of urea groups is 1. The normalized spacial score (nSPS) is 19.8. The zero-order chi connectivity index (χ0) is 14.5. The monoisotopic (exact) mass is 273 g/mol. The molecule has 1 heterocycles. The third kappa shape index (κ3) is 4.68. The maximum Gasteiger partial charge on any atom is 0.337 e. The number of carboxylic acid groups (broad SMARTS) is 1. The van der Waals surface area contributed by atoms with Gasteiger partial charge in [0.2, 0.25) is 0 Å². The number of hydrogen-bond acceptors (Lipinski definition) is 4. The van der Waals surface area contributed by atoms with Crippen LogP contribution in [0.15, 0.2) is 0 Å². The van der Waals surface area contributed by atoms with Crippen molar-refractivity contribution in [3.8, 4) is 0 Å². The zero-order valence-corrected chi connectivity index (χ0v) is 11.6. The van der Waals surface area contributed by atoms with Crippen LogP contribution in [0.5, 0.6) is 0 Å². The van der Waals surface area contributed by atoms with Crippen molar-refractivity contribution in [2.75, 3.05) is 39.3 Å². The number of nitrogens with zero attached hydrogens (tertiary/aromatic N) is 2. The molecule has 0 aromatic carbocycles. The largest absolute Gasteiger partial charge is 0.479 e. The van der Waals surface area contributed by atoms with E-state index < -0.39 is 11.6 Å². The number of rotatable bonds is 5. The summed E-state index contributed by atoms with van der Waals surface area (Å²) in [4.78, 5) is 26.5. The summed E-state index contributed by atoms with van der Waals surface area (Å²) in [6.07, 6.45) is 1.09. The Morgan fingerprint density at radius 1 is 1.26 bits per heavy atom. The summed E-state index contributed by atoms with van der Waals surface area (Å²) in [6, 6.07) is -0.322. The Morgan fingerprint density at radius 3 is 2.32 bits per heavy atom. The molecular weight excluding hydrogens is 250 g/mol. The van der Waals surface area contributed by atoms with Gasteiger partial charge >= 0.3 is 12.0 Å². The van der Waals surface area contributed by atoms with E-state index in [1.807, 2.05) is 0 Å². The minimum Gasteiger partial charge on any atom is -0.479 e. The first kappa shape index (κ1) is 15.7. The third-order valence-corrected chi connectivity index (χ3v) is 3.24. The maximum atomic E-state index is 11.8. The fraction of sp³-hybridized carbons (Fsp3) is 0.833. The number of carbonyl (C=O) groups is 2. The van der Waals surface area contributed by atoms with E-state index in [0.29, 0.717) is 13.1 Å². The van der Waals surface area contributed by atoms with Gasteiger partial charge in [-0.15, -0.1) is 0 Å². The molecule has 0 aliphatic carbocycles. The van der Waals surface area contributed by atoms with Crippen LogP contribution in [0, 0.1) is 0 Å². The second kappa shape index (κ2) is 6.72. The van der Waals surface area contributed by atoms with Crippen LogP contribution in [-0.4, -0.2) is 76.9 Å². The molecule has 1 aliphatic heterocycles. The van der Waals surface area contributed by atoms with E-state index in [4.69, 9.17) is 5.11 Å². The number of aliphatic carboxylic acids is 1. The van der Waals surface area contributed by atoms with Gasteiger partial charge in [-0.05, 0) is 19.9 Å². The van der Waals surface area contributed by atoms with Gasteiger partial charge in [-0.2, -0.15) is 0 Å². The highest BCUT2D eigenvalue weighted by Crippen LogP contribution is 2.04. The van der Waals surface area contributed by atoms with Crippen molar-refractivity contribution in [1.82, 2.24) is 15.1 Å². The van der Waals surface area contributed by atoms with Crippen molar-refractivity contribution in [1.29, 1.82) is 0 Å². The first-order valence-electron chi connectivity index (χ1n) is 6.57. The quantitative estimate of drug-likeness (QED) is 0.631. The Labute approximate surface area is 113 Å². The highest BCUT2D eigenvalue weighted by atomic mass is 16.4. The van der Waals surface area contributed by atoms with Crippen LogP contribution in [0.2, 0.25) is 0 Å². The fourth-order valence-corrected chi connectivity index (χ4v) is 1.93. The number of carboxylic acids is 1. The van der Waals surface area contributed by atoms with Crippen molar-refractivity contribution in [3.05, 3.63) is 0 Å². The van der Waals surface area contributed by atoms with Crippen LogP contribution >= 0.6 is 0 Å². The van der Waals surface area contributed by atoms with Crippen LogP contribution in [-0.2, 0) is 4.79 Å². The molecule has 7 nitrogen and oxygen atoms in total. The first-order valence-corrected chi connectivity index (χ1v) is 6.57. The average Bonchev–Trinajstić information content (AvgIpc) is 2.37. The molecule has 1 rings (SSSR count). The van der Waals surface area contributed by atoms with Gasteiger partial charge in [-0.3, -0.25) is 4.90 Å². The highest BCUT2D eigenvalue weighted by Gasteiger charge is 2.31. The SMILES string of the molecule is CCCN1CCN(C(=O)NCC(C)(O)C(=O)O)CC1. The van der Waals surface area contributed by atoms with Gasteiger partial charge in [0.15, 0.2) is 5.60 Å². The summed E-state index contributed by atoms with van der Waals surface area (Å²) < 4.78 is 0. The molecule has 2 amide bonds. The van der Waals surface area contributed by atoms with E-state index in [9.17, 15) is 14.7 Å². The Morgan fingerprint density at radius 2 is 1.84 bits per heavy atom. The smallest absolute Gasteiger partial charge is 0.337 e. The number of amides is 2. The van der Waals surface area contributed by atoms with Gasteiger partial charge in [0.1, 0.15) is 0 Å². The molecule has 0 aromatic heterocycles. The van der Waals surface area contributed by atoms with Gasteiger partial charge in [-0.25, -0.2) is 9.59 Å². The lowest BCUT2D eigenvalue weighted by Crippen LogP contribution is -2.54. The van der Waals surface area contributed by atoms with E-state index in [0.717, 1.165) is 33.0 Å². The van der Waals surface area contributed by atoms with E-state index in [1.165, 1.54) is 0 Å². The lowest BCUT2D eigenvalue weighted by molar-refractivity contribution is -0.155. The van der Waals surface area contributed by atoms with Crippen molar-refractivity contribution >= 4 is 12.0 Å². The minimum absolute atomic E-state index is 0.295. The van der Waals surface area contributed by atoms with Crippen LogP contribution in [0.4, 0.5) is 4.79 Å². The van der Waals surface area contributed by atoms with Crippen LogP contribution in [0.3, 0.4) is 0 Å². The van der Waals surface area contributed by atoms with Crippen molar-refractivity contribution in [2.45, 2.75) is 25.9 Å². The van der Waals surface area contributed by atoms with Crippen LogP contribution < -0.4 is 5.32 Å². The summed E-state index contributed by atoms with van der Waals surface area (Å²) in [5.74, 6) is -1.35. The molecule has 0 aromatic rings. The van der Waals surface area contributed by atoms with Gasteiger partial charge in [-0.1, -0.05) is 6.92 Å². The fourth-order valence-electron chi connectivity index (χ4n) is 1.93. The Balaban J connectivity index is 2.34. The molecule has 7 heteroatoms. The van der Waals surface area contributed by atoms with E-state index in [2.05, 4.69) is 17.1 Å². The molecule has 1 fully saturated rings. The van der Waals surface area contributed by atoms with Crippen molar-refractivity contribution in [2.24, 2.45) is 0 Å². The molecule has 3 N–H and O–H groups in total.